The zero-order valence-electron chi connectivity index (χ0n) is 9.94. The van der Waals surface area contributed by atoms with E-state index < -0.39 is 5.97 Å². The van der Waals surface area contributed by atoms with Crippen LogP contribution < -0.4 is 5.32 Å². The molecule has 2 aromatic rings. The molecule has 0 saturated carbocycles. The van der Waals surface area contributed by atoms with Gasteiger partial charge in [-0.3, -0.25) is 0 Å². The summed E-state index contributed by atoms with van der Waals surface area (Å²) in [7, 11) is 0. The Kier molecular flexibility index (Phi) is 4.63. The molecule has 0 saturated heterocycles. The highest BCUT2D eigenvalue weighted by Crippen LogP contribution is 2.35. The van der Waals surface area contributed by atoms with E-state index in [2.05, 4.69) is 10.3 Å². The van der Waals surface area contributed by atoms with Gasteiger partial charge in [-0.05, 0) is 19.1 Å². The minimum absolute atomic E-state index is 0.225. The maximum absolute atomic E-state index is 11.7. The van der Waals surface area contributed by atoms with Gasteiger partial charge in [0.1, 0.15) is 5.00 Å². The molecule has 100 valence electrons. The summed E-state index contributed by atoms with van der Waals surface area (Å²) in [6, 6.07) is 5.16. The highest BCUT2D eigenvalue weighted by atomic mass is 35.5. The second-order valence-corrected chi connectivity index (χ2v) is 5.14. The summed E-state index contributed by atoms with van der Waals surface area (Å²) in [5, 5.41) is 4.51. The van der Waals surface area contributed by atoms with E-state index in [0.29, 0.717) is 27.3 Å². The number of anilines is 2. The minimum atomic E-state index is -0.477. The molecule has 4 nitrogen and oxygen atoms in total. The van der Waals surface area contributed by atoms with Crippen LogP contribution in [0.1, 0.15) is 17.4 Å². The van der Waals surface area contributed by atoms with Gasteiger partial charge in [-0.1, -0.05) is 29.3 Å². The molecule has 0 aliphatic rings. The Balaban J connectivity index is 2.30. The Morgan fingerprint density at radius 1 is 1.42 bits per heavy atom. The number of hydrogen-bond donors (Lipinski definition) is 1. The van der Waals surface area contributed by atoms with Crippen LogP contribution in [0.15, 0.2) is 23.7 Å². The van der Waals surface area contributed by atoms with E-state index in [1.165, 1.54) is 11.3 Å². The monoisotopic (exact) mass is 316 g/mol. The van der Waals surface area contributed by atoms with Gasteiger partial charge in [-0.15, -0.1) is 11.3 Å². The van der Waals surface area contributed by atoms with Crippen molar-refractivity contribution in [3.05, 3.63) is 39.4 Å². The van der Waals surface area contributed by atoms with E-state index in [4.69, 9.17) is 27.9 Å². The lowest BCUT2D eigenvalue weighted by molar-refractivity contribution is 0.0521. The predicted octanol–water partition coefficient (Wildman–Crippen LogP) is 4.37. The number of esters is 1. The third-order valence-electron chi connectivity index (χ3n) is 2.24. The second kappa shape index (κ2) is 6.23. The third kappa shape index (κ3) is 3.18. The van der Waals surface area contributed by atoms with Crippen molar-refractivity contribution >= 4 is 51.2 Å². The number of nitrogens with one attached hydrogen (secondary N) is 1. The molecule has 0 fully saturated rings. The van der Waals surface area contributed by atoms with Crippen LogP contribution in [-0.4, -0.2) is 17.6 Å². The van der Waals surface area contributed by atoms with E-state index >= 15 is 0 Å². The lowest BCUT2D eigenvalue weighted by Gasteiger charge is -2.09. The predicted molar refractivity (Wildman–Crippen MR) is 77.8 cm³/mol. The van der Waals surface area contributed by atoms with Crippen LogP contribution in [0.5, 0.6) is 0 Å². The number of carbonyl (C=O) groups excluding carboxylic acids is 1. The minimum Gasteiger partial charge on any atom is -0.461 e. The van der Waals surface area contributed by atoms with Gasteiger partial charge in [0.15, 0.2) is 5.69 Å². The zero-order valence-corrected chi connectivity index (χ0v) is 12.3. The summed E-state index contributed by atoms with van der Waals surface area (Å²) < 4.78 is 4.92. The van der Waals surface area contributed by atoms with Crippen LogP contribution in [0.2, 0.25) is 10.0 Å². The van der Waals surface area contributed by atoms with Crippen molar-refractivity contribution in [2.75, 3.05) is 11.9 Å². The number of thiazole rings is 1. The average Bonchev–Trinajstić information content (AvgIpc) is 2.82. The molecule has 1 heterocycles. The Bertz CT molecular complexity index is 581. The summed E-state index contributed by atoms with van der Waals surface area (Å²) in [5.74, 6) is -0.477. The molecule has 0 amide bonds. The molecule has 1 aromatic carbocycles. The Morgan fingerprint density at radius 3 is 2.74 bits per heavy atom. The number of rotatable bonds is 4. The highest BCUT2D eigenvalue weighted by molar-refractivity contribution is 7.14. The maximum atomic E-state index is 11.7. The molecular formula is C12H10Cl2N2O2S. The number of benzene rings is 1. The van der Waals surface area contributed by atoms with Gasteiger partial charge in [0.2, 0.25) is 0 Å². The van der Waals surface area contributed by atoms with Crippen molar-refractivity contribution in [2.45, 2.75) is 6.92 Å². The zero-order chi connectivity index (χ0) is 13.8. The van der Waals surface area contributed by atoms with Crippen LogP contribution in [0, 0.1) is 0 Å². The van der Waals surface area contributed by atoms with Crippen LogP contribution in [0.4, 0.5) is 10.7 Å². The van der Waals surface area contributed by atoms with Gasteiger partial charge < -0.3 is 10.1 Å². The fourth-order valence-electron chi connectivity index (χ4n) is 1.41. The molecule has 0 radical (unpaired) electrons. The number of hydrogen-bond acceptors (Lipinski definition) is 5. The van der Waals surface area contributed by atoms with Gasteiger partial charge in [-0.2, -0.15) is 0 Å². The molecule has 7 heteroatoms. The van der Waals surface area contributed by atoms with Gasteiger partial charge in [0, 0.05) is 0 Å². The van der Waals surface area contributed by atoms with Crippen molar-refractivity contribution in [3.8, 4) is 0 Å². The number of carbonyl (C=O) groups is 1. The molecule has 1 aromatic heterocycles. The normalized spacial score (nSPS) is 10.3. The first kappa shape index (κ1) is 14.1. The van der Waals surface area contributed by atoms with Crippen molar-refractivity contribution < 1.29 is 9.53 Å². The van der Waals surface area contributed by atoms with Crippen LogP contribution in [0.3, 0.4) is 0 Å². The van der Waals surface area contributed by atoms with E-state index in [9.17, 15) is 4.79 Å². The third-order valence-corrected chi connectivity index (χ3v) is 3.61. The summed E-state index contributed by atoms with van der Waals surface area (Å²) in [6.07, 6.45) is 0. The molecule has 1 N–H and O–H groups in total. The van der Waals surface area contributed by atoms with E-state index in [1.54, 1.807) is 30.6 Å². The quantitative estimate of drug-likeness (QED) is 0.851. The standard InChI is InChI=1S/C12H10Cl2N2O2S/c1-2-18-12(17)10-11(19-6-15-10)16-9-7(13)4-3-5-8(9)14/h3-6,16H,2H2,1H3. The second-order valence-electron chi connectivity index (χ2n) is 3.47. The molecular weight excluding hydrogens is 307 g/mol. The molecule has 0 spiro atoms. The summed E-state index contributed by atoms with van der Waals surface area (Å²) >= 11 is 13.4. The van der Waals surface area contributed by atoms with Crippen molar-refractivity contribution in [3.63, 3.8) is 0 Å². The SMILES string of the molecule is CCOC(=O)c1ncsc1Nc1c(Cl)cccc1Cl. The Morgan fingerprint density at radius 2 is 2.11 bits per heavy atom. The summed E-state index contributed by atoms with van der Waals surface area (Å²) in [4.78, 5) is 15.7. The van der Waals surface area contributed by atoms with Gasteiger partial charge in [0.05, 0.1) is 27.9 Å². The number of nitrogens with zero attached hydrogens (tertiary/aromatic N) is 1. The van der Waals surface area contributed by atoms with E-state index in [0.717, 1.165) is 0 Å². The molecule has 0 atom stereocenters. The maximum Gasteiger partial charge on any atom is 0.360 e. The van der Waals surface area contributed by atoms with Crippen LogP contribution in [0.25, 0.3) is 0 Å². The van der Waals surface area contributed by atoms with Crippen molar-refractivity contribution in [1.82, 2.24) is 4.98 Å². The van der Waals surface area contributed by atoms with Gasteiger partial charge >= 0.3 is 5.97 Å². The van der Waals surface area contributed by atoms with Crippen molar-refractivity contribution in [2.24, 2.45) is 0 Å². The number of para-hydroxylation sites is 1. The molecule has 19 heavy (non-hydrogen) atoms. The highest BCUT2D eigenvalue weighted by Gasteiger charge is 2.17. The Hall–Kier alpha value is -1.30. The van der Waals surface area contributed by atoms with Crippen LogP contribution in [-0.2, 0) is 4.74 Å². The van der Waals surface area contributed by atoms with Crippen LogP contribution >= 0.6 is 34.5 Å². The lowest BCUT2D eigenvalue weighted by atomic mass is 10.3. The molecule has 0 bridgehead atoms. The first-order valence-corrected chi connectivity index (χ1v) is 7.08. The molecule has 0 unspecified atom stereocenters. The van der Waals surface area contributed by atoms with E-state index in [1.807, 2.05) is 0 Å². The van der Waals surface area contributed by atoms with Gasteiger partial charge in [-0.25, -0.2) is 9.78 Å². The fourth-order valence-corrected chi connectivity index (χ4v) is 2.57. The first-order chi connectivity index (χ1) is 9.13. The van der Waals surface area contributed by atoms with E-state index in [-0.39, 0.29) is 5.69 Å². The lowest BCUT2D eigenvalue weighted by Crippen LogP contribution is -2.07. The number of halogens is 2. The molecule has 2 rings (SSSR count). The number of aromatic nitrogens is 1. The molecule has 0 aliphatic carbocycles. The van der Waals surface area contributed by atoms with Crippen molar-refractivity contribution in [1.29, 1.82) is 0 Å². The average molecular weight is 317 g/mol. The molecule has 0 aliphatic heterocycles. The summed E-state index contributed by atoms with van der Waals surface area (Å²) in [5.41, 5.74) is 2.32. The van der Waals surface area contributed by atoms with Gasteiger partial charge in [0.25, 0.3) is 0 Å². The smallest absolute Gasteiger partial charge is 0.360 e. The first-order valence-electron chi connectivity index (χ1n) is 5.45. The number of ether oxygens (including phenoxy) is 1. The largest absolute Gasteiger partial charge is 0.461 e. The topological polar surface area (TPSA) is 51.2 Å². The fraction of sp³-hybridized carbons (Fsp3) is 0.167. The Labute approximate surface area is 124 Å². The summed E-state index contributed by atoms with van der Waals surface area (Å²) in [6.45, 7) is 2.03.